The van der Waals surface area contributed by atoms with Gasteiger partial charge >= 0.3 is 124 Å². The van der Waals surface area contributed by atoms with Gasteiger partial charge in [-0.15, -0.1) is 0 Å². The Balaban J connectivity index is 4.87. The van der Waals surface area contributed by atoms with Crippen LogP contribution in [0.4, 0.5) is 0 Å². The van der Waals surface area contributed by atoms with Gasteiger partial charge in [0.15, 0.2) is 0 Å². The summed E-state index contributed by atoms with van der Waals surface area (Å²) >= 11 is 4.38. The fourth-order valence-electron chi connectivity index (χ4n) is 2.74. The summed E-state index contributed by atoms with van der Waals surface area (Å²) in [7, 11) is 0. The molecule has 0 fully saturated rings. The zero-order valence-electron chi connectivity index (χ0n) is 12.9. The van der Waals surface area contributed by atoms with Crippen molar-refractivity contribution < 1.29 is 0 Å². The van der Waals surface area contributed by atoms with Crippen molar-refractivity contribution in [2.75, 3.05) is 24.6 Å². The third-order valence-corrected chi connectivity index (χ3v) is 14.0. The zero-order valence-corrected chi connectivity index (χ0v) is 15.4. The van der Waals surface area contributed by atoms with Crippen molar-refractivity contribution in [1.82, 2.24) is 0 Å². The molecule has 0 nitrogen and oxygen atoms in total. The fourth-order valence-corrected chi connectivity index (χ4v) is 11.1. The van der Waals surface area contributed by atoms with Crippen LogP contribution in [0.1, 0.15) is 65.7 Å². The molecule has 0 aromatic carbocycles. The van der Waals surface area contributed by atoms with E-state index in [1.165, 1.54) is 69.6 Å². The Bertz CT molecular complexity index is 201. The predicted molar refractivity (Wildman–Crippen MR) is 94.9 cm³/mol. The van der Waals surface area contributed by atoms with Gasteiger partial charge in [0.25, 0.3) is 0 Å². The van der Waals surface area contributed by atoms with Gasteiger partial charge in [0.2, 0.25) is 0 Å². The minimum absolute atomic E-state index is 1.19. The first-order valence-corrected chi connectivity index (χ1v) is 12.9. The number of rotatable bonds is 12. The number of hydrogen-bond acceptors (Lipinski definition) is 0. The summed E-state index contributed by atoms with van der Waals surface area (Å²) in [6, 6.07) is 0. The summed E-state index contributed by atoms with van der Waals surface area (Å²) in [4.78, 5) is 0. The van der Waals surface area contributed by atoms with E-state index in [-0.39, 0.29) is 0 Å². The van der Waals surface area contributed by atoms with Gasteiger partial charge < -0.3 is 0 Å². The van der Waals surface area contributed by atoms with Crippen LogP contribution in [0.5, 0.6) is 0 Å². The maximum absolute atomic E-state index is 4.38. The van der Waals surface area contributed by atoms with E-state index in [2.05, 4.69) is 48.9 Å². The fraction of sp³-hybridized carbons (Fsp3) is 0.875. The van der Waals surface area contributed by atoms with E-state index < -0.39 is 5.31 Å². The summed E-state index contributed by atoms with van der Waals surface area (Å²) in [6.07, 6.45) is 17.2. The van der Waals surface area contributed by atoms with Crippen molar-refractivity contribution >= 4 is 20.8 Å². The van der Waals surface area contributed by atoms with Gasteiger partial charge in [-0.1, -0.05) is 0 Å². The van der Waals surface area contributed by atoms with Gasteiger partial charge in [0.05, 0.1) is 0 Å². The molecule has 0 aliphatic rings. The van der Waals surface area contributed by atoms with Crippen LogP contribution in [-0.4, -0.2) is 24.6 Å². The van der Waals surface area contributed by atoms with Crippen molar-refractivity contribution in [2.45, 2.75) is 65.7 Å². The van der Waals surface area contributed by atoms with E-state index in [0.717, 1.165) is 0 Å². The van der Waals surface area contributed by atoms with Crippen LogP contribution in [0.25, 0.3) is 0 Å². The minimum atomic E-state index is -1.62. The second-order valence-electron chi connectivity index (χ2n) is 5.85. The normalized spacial score (nSPS) is 14.1. The first-order valence-electron chi connectivity index (χ1n) is 7.87. The number of unbranched alkanes of at least 4 members (excludes halogenated alkanes) is 3. The van der Waals surface area contributed by atoms with Crippen molar-refractivity contribution in [3.05, 3.63) is 12.7 Å². The van der Waals surface area contributed by atoms with Crippen LogP contribution < -0.4 is 0 Å². The average molecular weight is 337 g/mol. The third-order valence-electron chi connectivity index (χ3n) is 4.10. The third kappa shape index (κ3) is 6.71. The summed E-state index contributed by atoms with van der Waals surface area (Å²) < 4.78 is 0. The molecule has 0 saturated carbocycles. The molecule has 0 amide bonds. The first kappa shape index (κ1) is 18.7. The van der Waals surface area contributed by atoms with Crippen LogP contribution in [-0.2, 0) is 0 Å². The number of allylic oxidation sites excluding steroid dienone is 1. The van der Waals surface area contributed by atoms with Gasteiger partial charge in [-0.05, 0) is 0 Å². The number of hydrogen-bond donors (Lipinski definition) is 0. The molecule has 18 heavy (non-hydrogen) atoms. The summed E-state index contributed by atoms with van der Waals surface area (Å²) in [5.41, 5.74) is 0. The molecule has 0 rings (SSSR count). The molecule has 0 atom stereocenters. The summed E-state index contributed by atoms with van der Waals surface area (Å²) in [6.45, 7) is 10.9. The van der Waals surface area contributed by atoms with Crippen molar-refractivity contribution in [2.24, 2.45) is 0 Å². The van der Waals surface area contributed by atoms with Gasteiger partial charge in [-0.3, -0.25) is 0 Å². The molecule has 0 heterocycles. The Morgan fingerprint density at radius 1 is 0.833 bits per heavy atom. The molecular weight excluding hydrogens is 303 g/mol. The molecule has 0 aliphatic heterocycles. The SMILES string of the molecule is C=CCCP(Br)(CCCC)(CCCC)CCCC. The maximum atomic E-state index is 4.38. The standard InChI is InChI=1S/C16H34BrP/c1-5-9-13-18(17,14-10-6-2,15-11-7-3)16-12-8-4/h5H,1,6-16H2,2-4H3. The quantitative estimate of drug-likeness (QED) is 0.270. The van der Waals surface area contributed by atoms with Crippen molar-refractivity contribution in [1.29, 1.82) is 0 Å². The second-order valence-corrected chi connectivity index (χ2v) is 17.3. The number of halogens is 1. The molecule has 0 aromatic heterocycles. The van der Waals surface area contributed by atoms with E-state index in [1.54, 1.807) is 0 Å². The molecular formula is C16H34BrP. The predicted octanol–water partition coefficient (Wildman–Crippen LogP) is 6.83. The molecule has 0 spiro atoms. The van der Waals surface area contributed by atoms with Crippen molar-refractivity contribution in [3.8, 4) is 0 Å². The molecule has 0 bridgehead atoms. The van der Waals surface area contributed by atoms with E-state index >= 15 is 0 Å². The molecule has 0 N–H and O–H groups in total. The zero-order chi connectivity index (χ0) is 13.9. The Labute approximate surface area is 124 Å². The van der Waals surface area contributed by atoms with Gasteiger partial charge in [-0.2, -0.15) is 0 Å². The van der Waals surface area contributed by atoms with E-state index in [1.807, 2.05) is 0 Å². The van der Waals surface area contributed by atoms with Gasteiger partial charge in [0.1, 0.15) is 0 Å². The Morgan fingerprint density at radius 2 is 1.22 bits per heavy atom. The van der Waals surface area contributed by atoms with Crippen LogP contribution in [0.2, 0.25) is 0 Å². The molecule has 2 heteroatoms. The van der Waals surface area contributed by atoms with E-state index in [0.29, 0.717) is 0 Å². The van der Waals surface area contributed by atoms with E-state index in [4.69, 9.17) is 0 Å². The summed E-state index contributed by atoms with van der Waals surface area (Å²) in [5, 5.41) is -1.62. The molecule has 0 radical (unpaired) electrons. The van der Waals surface area contributed by atoms with Crippen LogP contribution in [0.15, 0.2) is 12.7 Å². The molecule has 0 aliphatic carbocycles. The average Bonchev–Trinajstić information content (AvgIpc) is 2.40. The Hall–Kier alpha value is 0.650. The molecule has 110 valence electrons. The first-order chi connectivity index (χ1) is 8.54. The van der Waals surface area contributed by atoms with E-state index in [9.17, 15) is 0 Å². The van der Waals surface area contributed by atoms with Crippen LogP contribution in [0, 0.1) is 0 Å². The monoisotopic (exact) mass is 336 g/mol. The molecule has 0 aromatic rings. The van der Waals surface area contributed by atoms with Crippen LogP contribution >= 0.6 is 20.8 Å². The van der Waals surface area contributed by atoms with Crippen molar-refractivity contribution in [3.63, 3.8) is 0 Å². The molecule has 0 unspecified atom stereocenters. The van der Waals surface area contributed by atoms with Gasteiger partial charge in [0, 0.05) is 0 Å². The van der Waals surface area contributed by atoms with Crippen LogP contribution in [0.3, 0.4) is 0 Å². The topological polar surface area (TPSA) is 0 Å². The Kier molecular flexibility index (Phi) is 9.88. The molecule has 0 saturated heterocycles. The summed E-state index contributed by atoms with van der Waals surface area (Å²) in [5.74, 6) is 0. The van der Waals surface area contributed by atoms with Gasteiger partial charge in [-0.25, -0.2) is 0 Å². The second kappa shape index (κ2) is 9.54. The Morgan fingerprint density at radius 3 is 1.50 bits per heavy atom.